The molecule has 0 aliphatic carbocycles. The lowest BCUT2D eigenvalue weighted by Crippen LogP contribution is -2.50. The van der Waals surface area contributed by atoms with E-state index in [0.717, 1.165) is 32.4 Å². The Morgan fingerprint density at radius 1 is 1.24 bits per heavy atom. The molecule has 1 aromatic rings. The zero-order chi connectivity index (χ0) is 20.9. The molecule has 9 heteroatoms. The molecule has 9 nitrogen and oxygen atoms in total. The fourth-order valence-electron chi connectivity index (χ4n) is 4.28. The number of nitrogens with zero attached hydrogens (tertiary/aromatic N) is 4. The summed E-state index contributed by atoms with van der Waals surface area (Å²) in [7, 11) is 0. The van der Waals surface area contributed by atoms with Crippen LogP contribution in [0.15, 0.2) is 23.3 Å². The number of hydrogen-bond donors (Lipinski definition) is 2. The first-order chi connectivity index (χ1) is 13.8. The van der Waals surface area contributed by atoms with Crippen molar-refractivity contribution in [3.05, 3.63) is 28.9 Å². The number of aromatic nitrogens is 2. The maximum absolute atomic E-state index is 12.6. The monoisotopic (exact) mass is 405 g/mol. The molecular weight excluding hydrogens is 374 g/mol. The van der Waals surface area contributed by atoms with Crippen molar-refractivity contribution >= 4 is 11.8 Å². The van der Waals surface area contributed by atoms with E-state index in [1.165, 1.54) is 10.8 Å². The molecule has 3 heterocycles. The number of nitrogens with one attached hydrogen (secondary N) is 1. The summed E-state index contributed by atoms with van der Waals surface area (Å²) in [5, 5.41) is 14.1. The normalized spacial score (nSPS) is 24.1. The predicted octanol–water partition coefficient (Wildman–Crippen LogP) is -0.413. The number of piperidine rings is 1. The van der Waals surface area contributed by atoms with Crippen molar-refractivity contribution in [3.8, 4) is 0 Å². The Hall–Kier alpha value is -2.26. The SMILES string of the molecule is CC(=O)NC1CCN(CC2(O)CCCN(C(=O)Cn3cccnc3=O)CC2)CC1. The van der Waals surface area contributed by atoms with E-state index in [4.69, 9.17) is 0 Å². The fraction of sp³-hybridized carbons (Fsp3) is 0.700. The molecule has 29 heavy (non-hydrogen) atoms. The number of carbonyl (C=O) groups excluding carboxylic acids is 2. The highest BCUT2D eigenvalue weighted by Crippen LogP contribution is 2.25. The van der Waals surface area contributed by atoms with Crippen molar-refractivity contribution in [1.82, 2.24) is 24.7 Å². The Labute approximate surface area is 170 Å². The molecule has 160 valence electrons. The molecule has 0 aromatic carbocycles. The minimum Gasteiger partial charge on any atom is -0.388 e. The minimum atomic E-state index is -0.818. The summed E-state index contributed by atoms with van der Waals surface area (Å²) in [4.78, 5) is 43.2. The lowest BCUT2D eigenvalue weighted by Gasteiger charge is -2.38. The summed E-state index contributed by atoms with van der Waals surface area (Å²) in [5.41, 5.74) is -1.25. The van der Waals surface area contributed by atoms with E-state index in [1.54, 1.807) is 24.1 Å². The molecule has 2 fully saturated rings. The maximum Gasteiger partial charge on any atom is 0.347 e. The zero-order valence-electron chi connectivity index (χ0n) is 17.0. The molecule has 0 saturated carbocycles. The van der Waals surface area contributed by atoms with Gasteiger partial charge in [-0.1, -0.05) is 0 Å². The first-order valence-corrected chi connectivity index (χ1v) is 10.4. The second kappa shape index (κ2) is 9.49. The van der Waals surface area contributed by atoms with Crippen LogP contribution in [0, 0.1) is 0 Å². The highest BCUT2D eigenvalue weighted by Gasteiger charge is 2.34. The van der Waals surface area contributed by atoms with Crippen molar-refractivity contribution in [3.63, 3.8) is 0 Å². The minimum absolute atomic E-state index is 0.00384. The van der Waals surface area contributed by atoms with Crippen molar-refractivity contribution in [2.75, 3.05) is 32.7 Å². The van der Waals surface area contributed by atoms with Crippen LogP contribution in [0.3, 0.4) is 0 Å². The van der Waals surface area contributed by atoms with Crippen LogP contribution in [0.25, 0.3) is 0 Å². The molecule has 2 aliphatic heterocycles. The maximum atomic E-state index is 12.6. The summed E-state index contributed by atoms with van der Waals surface area (Å²) in [6.07, 6.45) is 6.65. The van der Waals surface area contributed by atoms with Crippen LogP contribution in [0.4, 0.5) is 0 Å². The highest BCUT2D eigenvalue weighted by molar-refractivity contribution is 5.76. The smallest absolute Gasteiger partial charge is 0.347 e. The standard InChI is InChI=1S/C20H31N5O4/c1-16(26)22-17-4-11-23(12-5-17)15-20(29)6-2-9-24(13-7-20)18(27)14-25-10-3-8-21-19(25)28/h3,8,10,17,29H,2,4-7,9,11-15H2,1H3,(H,22,26). The predicted molar refractivity (Wildman–Crippen MR) is 107 cm³/mol. The van der Waals surface area contributed by atoms with Crippen LogP contribution < -0.4 is 11.0 Å². The van der Waals surface area contributed by atoms with E-state index in [9.17, 15) is 19.5 Å². The summed E-state index contributed by atoms with van der Waals surface area (Å²) in [5.74, 6) is -0.121. The van der Waals surface area contributed by atoms with Gasteiger partial charge in [-0.3, -0.25) is 14.2 Å². The molecule has 0 bridgehead atoms. The molecule has 1 unspecified atom stereocenters. The van der Waals surface area contributed by atoms with Crippen molar-refractivity contribution in [2.24, 2.45) is 0 Å². The fourth-order valence-corrected chi connectivity index (χ4v) is 4.28. The lowest BCUT2D eigenvalue weighted by atomic mass is 9.93. The highest BCUT2D eigenvalue weighted by atomic mass is 16.3. The van der Waals surface area contributed by atoms with E-state index in [1.807, 2.05) is 0 Å². The van der Waals surface area contributed by atoms with Crippen molar-refractivity contribution in [1.29, 1.82) is 0 Å². The van der Waals surface area contributed by atoms with Gasteiger partial charge in [-0.05, 0) is 38.2 Å². The Bertz CT molecular complexity index is 774. The van der Waals surface area contributed by atoms with Gasteiger partial charge in [0, 0.05) is 58.1 Å². The van der Waals surface area contributed by atoms with Gasteiger partial charge in [0.25, 0.3) is 0 Å². The van der Waals surface area contributed by atoms with E-state index in [-0.39, 0.29) is 24.4 Å². The Morgan fingerprint density at radius 2 is 2.00 bits per heavy atom. The van der Waals surface area contributed by atoms with Gasteiger partial charge < -0.3 is 20.2 Å². The number of likely N-dealkylation sites (tertiary alicyclic amines) is 2. The molecule has 2 saturated heterocycles. The van der Waals surface area contributed by atoms with E-state index in [0.29, 0.717) is 32.5 Å². The van der Waals surface area contributed by atoms with Crippen molar-refractivity contribution < 1.29 is 14.7 Å². The molecule has 1 atom stereocenters. The molecular formula is C20H31N5O4. The van der Waals surface area contributed by atoms with Crippen LogP contribution in [-0.2, 0) is 16.1 Å². The summed E-state index contributed by atoms with van der Waals surface area (Å²) < 4.78 is 1.30. The first-order valence-electron chi connectivity index (χ1n) is 10.4. The van der Waals surface area contributed by atoms with Crippen LogP contribution in [0.1, 0.15) is 39.0 Å². The Balaban J connectivity index is 1.50. The third-order valence-electron chi connectivity index (χ3n) is 5.87. The first kappa shape index (κ1) is 21.4. The van der Waals surface area contributed by atoms with E-state index < -0.39 is 11.3 Å². The average molecular weight is 405 g/mol. The number of β-amino-alcohol motifs (C(OH)–C–C–N with tert-alkyl or cyclic N) is 1. The van der Waals surface area contributed by atoms with Gasteiger partial charge in [-0.2, -0.15) is 0 Å². The second-order valence-corrected chi connectivity index (χ2v) is 8.24. The van der Waals surface area contributed by atoms with E-state index >= 15 is 0 Å². The van der Waals surface area contributed by atoms with Gasteiger partial charge >= 0.3 is 5.69 Å². The van der Waals surface area contributed by atoms with Gasteiger partial charge in [0.05, 0.1) is 5.60 Å². The van der Waals surface area contributed by atoms with Crippen LogP contribution in [0.5, 0.6) is 0 Å². The average Bonchev–Trinajstić information content (AvgIpc) is 2.87. The van der Waals surface area contributed by atoms with Crippen molar-refractivity contribution in [2.45, 2.75) is 57.2 Å². The van der Waals surface area contributed by atoms with Gasteiger partial charge in [-0.25, -0.2) is 9.78 Å². The molecule has 0 spiro atoms. The molecule has 2 amide bonds. The summed E-state index contributed by atoms with van der Waals surface area (Å²) in [6.45, 7) is 4.86. The topological polar surface area (TPSA) is 108 Å². The lowest BCUT2D eigenvalue weighted by molar-refractivity contribution is -0.132. The molecule has 2 N–H and O–H groups in total. The van der Waals surface area contributed by atoms with Gasteiger partial charge in [0.1, 0.15) is 6.54 Å². The molecule has 2 aliphatic rings. The molecule has 1 aromatic heterocycles. The number of rotatable bonds is 5. The Morgan fingerprint density at radius 3 is 2.69 bits per heavy atom. The number of amides is 2. The zero-order valence-corrected chi connectivity index (χ0v) is 17.0. The molecule has 3 rings (SSSR count). The molecule has 0 radical (unpaired) electrons. The number of aliphatic hydroxyl groups is 1. The second-order valence-electron chi connectivity index (χ2n) is 8.24. The van der Waals surface area contributed by atoms with Crippen LogP contribution >= 0.6 is 0 Å². The van der Waals surface area contributed by atoms with Crippen LogP contribution in [-0.4, -0.2) is 80.6 Å². The third kappa shape index (κ3) is 6.11. The van der Waals surface area contributed by atoms with Gasteiger partial charge in [0.15, 0.2) is 0 Å². The van der Waals surface area contributed by atoms with Gasteiger partial charge in [0.2, 0.25) is 11.8 Å². The Kier molecular flexibility index (Phi) is 7.02. The number of carbonyl (C=O) groups is 2. The quantitative estimate of drug-likeness (QED) is 0.689. The largest absolute Gasteiger partial charge is 0.388 e. The van der Waals surface area contributed by atoms with Crippen LogP contribution in [0.2, 0.25) is 0 Å². The van der Waals surface area contributed by atoms with E-state index in [2.05, 4.69) is 15.2 Å². The third-order valence-corrected chi connectivity index (χ3v) is 5.87. The number of hydrogen-bond acceptors (Lipinski definition) is 6. The summed E-state index contributed by atoms with van der Waals surface area (Å²) in [6, 6.07) is 1.85. The van der Waals surface area contributed by atoms with Gasteiger partial charge in [-0.15, -0.1) is 0 Å². The summed E-state index contributed by atoms with van der Waals surface area (Å²) >= 11 is 0.